The molecular formula is C21H40N6O2. The molecule has 2 N–H and O–H groups in total. The number of fused-ring (bicyclic) bond motifs is 1. The molecule has 0 aromatic carbocycles. The van der Waals surface area contributed by atoms with Gasteiger partial charge in [0, 0.05) is 45.6 Å². The molecule has 2 rings (SSSR count). The van der Waals surface area contributed by atoms with Crippen LogP contribution in [0, 0.1) is 0 Å². The molecule has 1 aromatic heterocycles. The highest BCUT2D eigenvalue weighted by Crippen LogP contribution is 2.15. The molecule has 0 fully saturated rings. The Morgan fingerprint density at radius 2 is 1.86 bits per heavy atom. The maximum Gasteiger partial charge on any atom is 0.191 e. The lowest BCUT2D eigenvalue weighted by atomic mass is 10.2. The van der Waals surface area contributed by atoms with Crippen LogP contribution in [0.1, 0.15) is 64.0 Å². The first-order valence-corrected chi connectivity index (χ1v) is 11.4. The monoisotopic (exact) mass is 408 g/mol. The van der Waals surface area contributed by atoms with Crippen molar-refractivity contribution in [2.45, 2.75) is 71.8 Å². The SMILES string of the molecule is CCCCOCCOCCNC(=NCCCc1nnc2n1CCCCC2)NCC. The number of nitrogens with one attached hydrogen (secondary N) is 2. The van der Waals surface area contributed by atoms with Crippen molar-refractivity contribution in [1.29, 1.82) is 0 Å². The van der Waals surface area contributed by atoms with Gasteiger partial charge in [-0.25, -0.2) is 0 Å². The number of rotatable bonds is 14. The summed E-state index contributed by atoms with van der Waals surface area (Å²) in [6.45, 7) is 10.4. The van der Waals surface area contributed by atoms with E-state index in [-0.39, 0.29) is 0 Å². The Labute approximate surface area is 175 Å². The second kappa shape index (κ2) is 15.2. The van der Waals surface area contributed by atoms with Crippen molar-refractivity contribution in [1.82, 2.24) is 25.4 Å². The Hall–Kier alpha value is -1.67. The lowest BCUT2D eigenvalue weighted by molar-refractivity contribution is 0.0487. The van der Waals surface area contributed by atoms with E-state index in [4.69, 9.17) is 9.47 Å². The summed E-state index contributed by atoms with van der Waals surface area (Å²) in [7, 11) is 0. The van der Waals surface area contributed by atoms with Crippen molar-refractivity contribution in [3.8, 4) is 0 Å². The van der Waals surface area contributed by atoms with Crippen molar-refractivity contribution in [3.63, 3.8) is 0 Å². The molecule has 0 unspecified atom stereocenters. The van der Waals surface area contributed by atoms with Crippen LogP contribution in [0.25, 0.3) is 0 Å². The minimum atomic E-state index is 0.641. The zero-order valence-electron chi connectivity index (χ0n) is 18.4. The summed E-state index contributed by atoms with van der Waals surface area (Å²) < 4.78 is 13.4. The van der Waals surface area contributed by atoms with Gasteiger partial charge in [-0.1, -0.05) is 19.8 Å². The predicted octanol–water partition coefficient (Wildman–Crippen LogP) is 2.33. The molecule has 1 aliphatic heterocycles. The van der Waals surface area contributed by atoms with Crippen LogP contribution in [0.4, 0.5) is 0 Å². The third kappa shape index (κ3) is 9.58. The number of nitrogens with zero attached hydrogens (tertiary/aromatic N) is 4. The quantitative estimate of drug-likeness (QED) is 0.279. The summed E-state index contributed by atoms with van der Waals surface area (Å²) >= 11 is 0. The Kier molecular flexibility index (Phi) is 12.4. The fourth-order valence-corrected chi connectivity index (χ4v) is 3.31. The van der Waals surface area contributed by atoms with Crippen LogP contribution in [-0.4, -0.2) is 66.8 Å². The van der Waals surface area contributed by atoms with Crippen molar-refractivity contribution in [2.75, 3.05) is 46.1 Å². The molecule has 0 radical (unpaired) electrons. The van der Waals surface area contributed by atoms with Crippen LogP contribution in [-0.2, 0) is 28.9 Å². The van der Waals surface area contributed by atoms with Crippen LogP contribution < -0.4 is 10.6 Å². The number of ether oxygens (including phenoxy) is 2. The molecule has 0 bridgehead atoms. The standard InChI is InChI=1S/C21H40N6O2/c1-3-5-15-28-17-18-29-16-13-24-21(22-4-2)23-12-9-11-20-26-25-19-10-7-6-8-14-27(19)20/h3-18H2,1-2H3,(H2,22,23,24). The summed E-state index contributed by atoms with van der Waals surface area (Å²) in [6, 6.07) is 0. The van der Waals surface area contributed by atoms with Crippen molar-refractivity contribution < 1.29 is 9.47 Å². The molecule has 0 aliphatic carbocycles. The Morgan fingerprint density at radius 1 is 1.00 bits per heavy atom. The molecule has 8 nitrogen and oxygen atoms in total. The van der Waals surface area contributed by atoms with Crippen molar-refractivity contribution >= 4 is 5.96 Å². The van der Waals surface area contributed by atoms with Gasteiger partial charge in [0.15, 0.2) is 5.96 Å². The maximum atomic E-state index is 5.59. The lowest BCUT2D eigenvalue weighted by Crippen LogP contribution is -2.39. The number of hydrogen-bond donors (Lipinski definition) is 2. The second-order valence-corrected chi connectivity index (χ2v) is 7.36. The molecule has 8 heteroatoms. The predicted molar refractivity (Wildman–Crippen MR) is 116 cm³/mol. The van der Waals surface area contributed by atoms with Gasteiger partial charge in [-0.3, -0.25) is 4.99 Å². The van der Waals surface area contributed by atoms with Gasteiger partial charge in [-0.05, 0) is 32.6 Å². The number of hydrogen-bond acceptors (Lipinski definition) is 5. The van der Waals surface area contributed by atoms with E-state index in [0.29, 0.717) is 19.8 Å². The van der Waals surface area contributed by atoms with Gasteiger partial charge in [-0.15, -0.1) is 10.2 Å². The normalized spacial score (nSPS) is 14.5. The second-order valence-electron chi connectivity index (χ2n) is 7.36. The minimum Gasteiger partial charge on any atom is -0.379 e. The molecule has 0 saturated heterocycles. The lowest BCUT2D eigenvalue weighted by Gasteiger charge is -2.12. The molecule has 0 spiro atoms. The fourth-order valence-electron chi connectivity index (χ4n) is 3.31. The third-order valence-electron chi connectivity index (χ3n) is 4.91. The summed E-state index contributed by atoms with van der Waals surface area (Å²) in [5, 5.41) is 15.4. The van der Waals surface area contributed by atoms with Crippen molar-refractivity contribution in [3.05, 3.63) is 11.6 Å². The van der Waals surface area contributed by atoms with Gasteiger partial charge in [0.2, 0.25) is 0 Å². The van der Waals surface area contributed by atoms with E-state index in [0.717, 1.165) is 76.1 Å². The van der Waals surface area contributed by atoms with E-state index >= 15 is 0 Å². The zero-order valence-corrected chi connectivity index (χ0v) is 18.4. The summed E-state index contributed by atoms with van der Waals surface area (Å²) in [5.74, 6) is 3.12. The summed E-state index contributed by atoms with van der Waals surface area (Å²) in [6.07, 6.45) is 9.00. The fraction of sp³-hybridized carbons (Fsp3) is 0.857. The molecule has 1 aromatic rings. The van der Waals surface area contributed by atoms with Gasteiger partial charge in [0.05, 0.1) is 19.8 Å². The van der Waals surface area contributed by atoms with Crippen LogP contribution in [0.5, 0.6) is 0 Å². The van der Waals surface area contributed by atoms with Crippen LogP contribution in [0.15, 0.2) is 4.99 Å². The summed E-state index contributed by atoms with van der Waals surface area (Å²) in [5.41, 5.74) is 0. The number of guanidine groups is 1. The maximum absolute atomic E-state index is 5.59. The average Bonchev–Trinajstić information content (AvgIpc) is 2.95. The molecule has 0 saturated carbocycles. The highest BCUT2D eigenvalue weighted by Gasteiger charge is 2.13. The Bertz CT molecular complexity index is 576. The number of unbranched alkanes of at least 4 members (excludes halogenated alkanes) is 1. The molecule has 2 heterocycles. The summed E-state index contributed by atoms with van der Waals surface area (Å²) in [4.78, 5) is 4.67. The Balaban J connectivity index is 1.60. The van der Waals surface area contributed by atoms with Gasteiger partial charge in [0.1, 0.15) is 11.6 Å². The van der Waals surface area contributed by atoms with E-state index in [1.54, 1.807) is 0 Å². The van der Waals surface area contributed by atoms with E-state index in [9.17, 15) is 0 Å². The smallest absolute Gasteiger partial charge is 0.191 e. The largest absolute Gasteiger partial charge is 0.379 e. The average molecular weight is 409 g/mol. The van der Waals surface area contributed by atoms with Crippen LogP contribution in [0.3, 0.4) is 0 Å². The van der Waals surface area contributed by atoms with Gasteiger partial charge < -0.3 is 24.7 Å². The third-order valence-corrected chi connectivity index (χ3v) is 4.91. The molecule has 29 heavy (non-hydrogen) atoms. The van der Waals surface area contributed by atoms with E-state index in [1.807, 2.05) is 0 Å². The van der Waals surface area contributed by atoms with E-state index < -0.39 is 0 Å². The molecule has 166 valence electrons. The minimum absolute atomic E-state index is 0.641. The van der Waals surface area contributed by atoms with Crippen LogP contribution >= 0.6 is 0 Å². The first-order chi connectivity index (χ1) is 14.3. The van der Waals surface area contributed by atoms with E-state index in [1.165, 1.54) is 25.7 Å². The highest BCUT2D eigenvalue weighted by atomic mass is 16.5. The van der Waals surface area contributed by atoms with Gasteiger partial charge in [0.25, 0.3) is 0 Å². The highest BCUT2D eigenvalue weighted by molar-refractivity contribution is 5.79. The van der Waals surface area contributed by atoms with E-state index in [2.05, 4.69) is 44.2 Å². The first kappa shape index (κ1) is 23.6. The Morgan fingerprint density at radius 3 is 2.69 bits per heavy atom. The van der Waals surface area contributed by atoms with Crippen LogP contribution in [0.2, 0.25) is 0 Å². The van der Waals surface area contributed by atoms with Gasteiger partial charge >= 0.3 is 0 Å². The van der Waals surface area contributed by atoms with Gasteiger partial charge in [-0.2, -0.15) is 0 Å². The molecule has 1 aliphatic rings. The number of aliphatic imine (C=N–C) groups is 1. The van der Waals surface area contributed by atoms with Crippen molar-refractivity contribution in [2.24, 2.45) is 4.99 Å². The number of aromatic nitrogens is 3. The molecular weight excluding hydrogens is 368 g/mol. The first-order valence-electron chi connectivity index (χ1n) is 11.4. The topological polar surface area (TPSA) is 85.6 Å². The molecule has 0 atom stereocenters. The number of aryl methyl sites for hydroxylation is 2. The molecule has 0 amide bonds. The zero-order chi connectivity index (χ0) is 20.6.